The fourth-order valence-electron chi connectivity index (χ4n) is 3.90. The minimum Gasteiger partial charge on any atom is -0.436 e. The minimum absolute atomic E-state index is 0.0517. The molecule has 0 saturated heterocycles. The van der Waals surface area contributed by atoms with Crippen LogP contribution in [0.2, 0.25) is 0 Å². The zero-order valence-electron chi connectivity index (χ0n) is 17.7. The smallest absolute Gasteiger partial charge is 0.252 e. The summed E-state index contributed by atoms with van der Waals surface area (Å²) in [5.41, 5.74) is 3.10. The Morgan fingerprint density at radius 3 is 2.55 bits per heavy atom. The summed E-state index contributed by atoms with van der Waals surface area (Å²) in [7, 11) is 0. The third-order valence-electron chi connectivity index (χ3n) is 5.62. The van der Waals surface area contributed by atoms with Crippen molar-refractivity contribution in [1.82, 2.24) is 15.6 Å². The fourth-order valence-corrected chi connectivity index (χ4v) is 3.90. The van der Waals surface area contributed by atoms with E-state index in [0.29, 0.717) is 22.8 Å². The first-order valence-corrected chi connectivity index (χ1v) is 10.8. The average Bonchev–Trinajstić information content (AvgIpc) is 3.29. The number of amides is 2. The van der Waals surface area contributed by atoms with E-state index >= 15 is 0 Å². The number of nitrogens with one attached hydrogen (secondary N) is 2. The second-order valence-electron chi connectivity index (χ2n) is 8.03. The van der Waals surface area contributed by atoms with Crippen LogP contribution < -0.4 is 10.6 Å². The van der Waals surface area contributed by atoms with Gasteiger partial charge in [0.25, 0.3) is 5.91 Å². The number of carbonyl (C=O) groups is 2. The molecule has 1 aromatic heterocycles. The van der Waals surface area contributed by atoms with Crippen molar-refractivity contribution in [3.63, 3.8) is 0 Å². The van der Waals surface area contributed by atoms with Crippen LogP contribution in [0.5, 0.6) is 0 Å². The third-order valence-corrected chi connectivity index (χ3v) is 5.62. The molecule has 0 spiro atoms. The lowest BCUT2D eigenvalue weighted by atomic mass is 9.95. The largest absolute Gasteiger partial charge is 0.436 e. The van der Waals surface area contributed by atoms with Gasteiger partial charge in [0.15, 0.2) is 5.76 Å². The highest BCUT2D eigenvalue weighted by molar-refractivity contribution is 6.01. The number of benzene rings is 2. The van der Waals surface area contributed by atoms with Crippen molar-refractivity contribution in [3.05, 3.63) is 65.9 Å². The van der Waals surface area contributed by atoms with Gasteiger partial charge in [0.1, 0.15) is 0 Å². The van der Waals surface area contributed by atoms with Gasteiger partial charge in [-0.2, -0.15) is 0 Å². The Hall–Kier alpha value is -3.41. The van der Waals surface area contributed by atoms with Gasteiger partial charge in [-0.25, -0.2) is 4.98 Å². The molecule has 31 heavy (non-hydrogen) atoms. The Balaban J connectivity index is 1.44. The number of nitrogens with zero attached hydrogens (tertiary/aromatic N) is 1. The van der Waals surface area contributed by atoms with Crippen molar-refractivity contribution >= 4 is 11.8 Å². The SMILES string of the molecule is Cc1ccc(-c2cnc(-c3ccccc3C(=O)NCC(=O)NC3CCCCC3)o2)cc1. The van der Waals surface area contributed by atoms with Gasteiger partial charge in [-0.1, -0.05) is 61.2 Å². The van der Waals surface area contributed by atoms with Crippen LogP contribution in [-0.2, 0) is 4.79 Å². The van der Waals surface area contributed by atoms with E-state index in [4.69, 9.17) is 4.42 Å². The molecule has 6 heteroatoms. The molecule has 2 amide bonds. The van der Waals surface area contributed by atoms with E-state index < -0.39 is 0 Å². The lowest BCUT2D eigenvalue weighted by Crippen LogP contribution is -2.42. The van der Waals surface area contributed by atoms with Crippen LogP contribution in [0.15, 0.2) is 59.1 Å². The molecule has 1 fully saturated rings. The summed E-state index contributed by atoms with van der Waals surface area (Å²) in [4.78, 5) is 29.4. The molecule has 160 valence electrons. The molecule has 3 aromatic rings. The van der Waals surface area contributed by atoms with Gasteiger partial charge < -0.3 is 15.1 Å². The Kier molecular flexibility index (Phi) is 6.46. The molecule has 4 rings (SSSR count). The van der Waals surface area contributed by atoms with Crippen molar-refractivity contribution in [2.75, 3.05) is 6.54 Å². The van der Waals surface area contributed by atoms with Gasteiger partial charge in [-0.05, 0) is 31.9 Å². The topological polar surface area (TPSA) is 84.2 Å². The van der Waals surface area contributed by atoms with E-state index in [9.17, 15) is 9.59 Å². The number of aromatic nitrogens is 1. The number of hydrogen-bond donors (Lipinski definition) is 2. The van der Waals surface area contributed by atoms with E-state index in [2.05, 4.69) is 15.6 Å². The zero-order valence-corrected chi connectivity index (χ0v) is 17.7. The minimum atomic E-state index is -0.329. The molecule has 1 aliphatic carbocycles. The van der Waals surface area contributed by atoms with Crippen molar-refractivity contribution in [3.8, 4) is 22.8 Å². The standard InChI is InChI=1S/C25H27N3O3/c1-17-11-13-18(14-12-17)22-15-27-25(31-22)21-10-6-5-9-20(21)24(30)26-16-23(29)28-19-7-3-2-4-8-19/h5-6,9-15,19H,2-4,7-8,16H2,1H3,(H,26,30)(H,28,29). The van der Waals surface area contributed by atoms with Crippen LogP contribution in [0.1, 0.15) is 48.0 Å². The molecule has 1 aliphatic rings. The van der Waals surface area contributed by atoms with E-state index in [0.717, 1.165) is 36.8 Å². The van der Waals surface area contributed by atoms with Crippen molar-refractivity contribution in [1.29, 1.82) is 0 Å². The van der Waals surface area contributed by atoms with Gasteiger partial charge in [0.05, 0.1) is 18.3 Å². The van der Waals surface area contributed by atoms with Gasteiger partial charge in [0, 0.05) is 17.2 Å². The number of oxazole rings is 1. The molecule has 2 N–H and O–H groups in total. The molecular weight excluding hydrogens is 390 g/mol. The van der Waals surface area contributed by atoms with E-state index in [1.54, 1.807) is 24.4 Å². The zero-order chi connectivity index (χ0) is 21.6. The van der Waals surface area contributed by atoms with Crippen LogP contribution >= 0.6 is 0 Å². The van der Waals surface area contributed by atoms with Crippen molar-refractivity contribution in [2.45, 2.75) is 45.1 Å². The highest BCUT2D eigenvalue weighted by Gasteiger charge is 2.19. The number of carbonyl (C=O) groups excluding carboxylic acids is 2. The predicted octanol–water partition coefficient (Wildman–Crippen LogP) is 4.50. The van der Waals surface area contributed by atoms with Crippen LogP contribution in [0, 0.1) is 6.92 Å². The molecule has 0 radical (unpaired) electrons. The maximum atomic E-state index is 12.8. The monoisotopic (exact) mass is 417 g/mol. The van der Waals surface area contributed by atoms with Gasteiger partial charge >= 0.3 is 0 Å². The second-order valence-corrected chi connectivity index (χ2v) is 8.03. The Labute approximate surface area is 182 Å². The summed E-state index contributed by atoms with van der Waals surface area (Å²) < 4.78 is 5.94. The summed E-state index contributed by atoms with van der Waals surface area (Å²) in [5.74, 6) is 0.519. The highest BCUT2D eigenvalue weighted by atomic mass is 16.4. The molecule has 0 aliphatic heterocycles. The van der Waals surface area contributed by atoms with Crippen LogP contribution in [0.4, 0.5) is 0 Å². The van der Waals surface area contributed by atoms with Gasteiger partial charge in [-0.3, -0.25) is 9.59 Å². The first-order chi connectivity index (χ1) is 15.1. The Morgan fingerprint density at radius 2 is 1.77 bits per heavy atom. The van der Waals surface area contributed by atoms with Crippen LogP contribution in [-0.4, -0.2) is 29.4 Å². The average molecular weight is 418 g/mol. The summed E-state index contributed by atoms with van der Waals surface area (Å²) in [6.07, 6.45) is 7.20. The van der Waals surface area contributed by atoms with E-state index in [1.165, 1.54) is 6.42 Å². The molecule has 0 atom stereocenters. The molecule has 6 nitrogen and oxygen atoms in total. The normalized spacial score (nSPS) is 14.2. The predicted molar refractivity (Wildman–Crippen MR) is 119 cm³/mol. The quantitative estimate of drug-likeness (QED) is 0.619. The Bertz CT molecular complexity index is 1050. The summed E-state index contributed by atoms with van der Waals surface area (Å²) in [6.45, 7) is 1.98. The first-order valence-electron chi connectivity index (χ1n) is 10.8. The molecule has 1 saturated carbocycles. The molecule has 1 heterocycles. The van der Waals surface area contributed by atoms with Gasteiger partial charge in [-0.15, -0.1) is 0 Å². The maximum absolute atomic E-state index is 12.8. The lowest BCUT2D eigenvalue weighted by Gasteiger charge is -2.22. The summed E-state index contributed by atoms with van der Waals surface area (Å²) in [6, 6.07) is 15.3. The lowest BCUT2D eigenvalue weighted by molar-refractivity contribution is -0.121. The van der Waals surface area contributed by atoms with Crippen LogP contribution in [0.25, 0.3) is 22.8 Å². The Morgan fingerprint density at radius 1 is 1.03 bits per heavy atom. The molecule has 0 bridgehead atoms. The van der Waals surface area contributed by atoms with E-state index in [-0.39, 0.29) is 24.4 Å². The molecular formula is C25H27N3O3. The number of hydrogen-bond acceptors (Lipinski definition) is 4. The van der Waals surface area contributed by atoms with Crippen molar-refractivity contribution in [2.24, 2.45) is 0 Å². The highest BCUT2D eigenvalue weighted by Crippen LogP contribution is 2.28. The fraction of sp³-hybridized carbons (Fsp3) is 0.320. The molecule has 2 aromatic carbocycles. The third kappa shape index (κ3) is 5.20. The summed E-state index contributed by atoms with van der Waals surface area (Å²) >= 11 is 0. The first kappa shape index (κ1) is 20.8. The number of rotatable bonds is 6. The number of aryl methyl sites for hydroxylation is 1. The maximum Gasteiger partial charge on any atom is 0.252 e. The summed E-state index contributed by atoms with van der Waals surface area (Å²) in [5, 5.41) is 5.74. The van der Waals surface area contributed by atoms with E-state index in [1.807, 2.05) is 37.3 Å². The second kappa shape index (κ2) is 9.60. The van der Waals surface area contributed by atoms with Crippen LogP contribution in [0.3, 0.4) is 0 Å². The molecule has 0 unspecified atom stereocenters. The van der Waals surface area contributed by atoms with Crippen molar-refractivity contribution < 1.29 is 14.0 Å². The van der Waals surface area contributed by atoms with Gasteiger partial charge in [0.2, 0.25) is 11.8 Å².